The molecule has 6 nitrogen and oxygen atoms in total. The molecule has 2 heterocycles. The molecule has 3 rings (SSSR count). The van der Waals surface area contributed by atoms with Gasteiger partial charge in [0, 0.05) is 22.5 Å². The van der Waals surface area contributed by atoms with Crippen LogP contribution in [0.2, 0.25) is 5.02 Å². The molecule has 1 aromatic carbocycles. The van der Waals surface area contributed by atoms with Gasteiger partial charge >= 0.3 is 0 Å². The third kappa shape index (κ3) is 5.42. The molecular weight excluding hydrogens is 485 g/mol. The van der Waals surface area contributed by atoms with Crippen molar-refractivity contribution >= 4 is 52.9 Å². The first-order valence-electron chi connectivity index (χ1n) is 7.75. The summed E-state index contributed by atoms with van der Waals surface area (Å²) >= 11 is 7.70. The molecule has 0 spiro atoms. The first kappa shape index (κ1) is 20.7. The Hall–Kier alpha value is -1.65. The van der Waals surface area contributed by atoms with E-state index in [1.54, 1.807) is 30.5 Å². The van der Waals surface area contributed by atoms with Crippen molar-refractivity contribution in [1.82, 2.24) is 20.8 Å². The van der Waals surface area contributed by atoms with Crippen LogP contribution in [0.3, 0.4) is 0 Å². The van der Waals surface area contributed by atoms with Crippen molar-refractivity contribution in [2.45, 2.75) is 19.5 Å². The summed E-state index contributed by atoms with van der Waals surface area (Å²) in [7, 11) is 1.72. The maximum Gasteiger partial charge on any atom is 0.246 e. The fourth-order valence-corrected chi connectivity index (χ4v) is 3.16. The van der Waals surface area contributed by atoms with Crippen LogP contribution in [-0.4, -0.2) is 23.1 Å². The molecule has 3 aromatic rings. The Balaban J connectivity index is 0.00000243. The van der Waals surface area contributed by atoms with Gasteiger partial charge in [-0.1, -0.05) is 35.0 Å². The van der Waals surface area contributed by atoms with Crippen molar-refractivity contribution in [3.63, 3.8) is 0 Å². The number of rotatable bonds is 5. The number of benzene rings is 1. The van der Waals surface area contributed by atoms with E-state index in [0.29, 0.717) is 29.2 Å². The highest BCUT2D eigenvalue weighted by Crippen LogP contribution is 2.20. The number of nitrogens with zero attached hydrogens (tertiary/aromatic N) is 3. The van der Waals surface area contributed by atoms with Gasteiger partial charge in [0.25, 0.3) is 0 Å². The second-order valence-corrected chi connectivity index (χ2v) is 6.74. The van der Waals surface area contributed by atoms with Crippen molar-refractivity contribution in [3.05, 3.63) is 57.6 Å². The van der Waals surface area contributed by atoms with Gasteiger partial charge in [0.2, 0.25) is 11.7 Å². The van der Waals surface area contributed by atoms with Gasteiger partial charge in [-0.05, 0) is 30.5 Å². The second kappa shape index (κ2) is 9.89. The highest BCUT2D eigenvalue weighted by atomic mass is 127. The normalized spacial score (nSPS) is 12.3. The molecule has 0 fully saturated rings. The van der Waals surface area contributed by atoms with Crippen LogP contribution in [0.25, 0.3) is 11.4 Å². The summed E-state index contributed by atoms with van der Waals surface area (Å²) in [5.41, 5.74) is 0.816. The number of guanidine groups is 1. The van der Waals surface area contributed by atoms with E-state index in [9.17, 15) is 0 Å². The molecule has 0 amide bonds. The zero-order valence-electron chi connectivity index (χ0n) is 14.3. The van der Waals surface area contributed by atoms with E-state index >= 15 is 0 Å². The average Bonchev–Trinajstić information content (AvgIpc) is 3.30. The van der Waals surface area contributed by atoms with Crippen LogP contribution in [0.5, 0.6) is 0 Å². The lowest BCUT2D eigenvalue weighted by Crippen LogP contribution is -2.38. The van der Waals surface area contributed by atoms with Crippen LogP contribution < -0.4 is 10.6 Å². The van der Waals surface area contributed by atoms with Gasteiger partial charge < -0.3 is 15.2 Å². The first-order valence-corrected chi connectivity index (χ1v) is 9.00. The Morgan fingerprint density at radius 1 is 1.35 bits per heavy atom. The SMILES string of the molecule is CN=C(NCc1nc(-c2cccc(Cl)c2)no1)NC(C)c1cccs1.I. The summed E-state index contributed by atoms with van der Waals surface area (Å²) in [6, 6.07) is 11.6. The van der Waals surface area contributed by atoms with Crippen LogP contribution in [0, 0.1) is 0 Å². The van der Waals surface area contributed by atoms with Gasteiger partial charge in [-0.15, -0.1) is 35.3 Å². The minimum Gasteiger partial charge on any atom is -0.349 e. The lowest BCUT2D eigenvalue weighted by molar-refractivity contribution is 0.375. The summed E-state index contributed by atoms with van der Waals surface area (Å²) in [5.74, 6) is 1.65. The molecule has 1 unspecified atom stereocenters. The lowest BCUT2D eigenvalue weighted by atomic mass is 10.2. The number of thiophene rings is 1. The maximum absolute atomic E-state index is 5.99. The molecule has 2 N–H and O–H groups in total. The third-order valence-corrected chi connectivity index (χ3v) is 4.79. The lowest BCUT2D eigenvalue weighted by Gasteiger charge is -2.15. The van der Waals surface area contributed by atoms with Crippen molar-refractivity contribution in [2.75, 3.05) is 7.05 Å². The molecule has 0 saturated carbocycles. The first-order chi connectivity index (χ1) is 12.2. The molecule has 0 aliphatic heterocycles. The Labute approximate surface area is 178 Å². The predicted molar refractivity (Wildman–Crippen MR) is 116 cm³/mol. The Morgan fingerprint density at radius 2 is 2.19 bits per heavy atom. The Morgan fingerprint density at radius 3 is 2.88 bits per heavy atom. The van der Waals surface area contributed by atoms with Crippen molar-refractivity contribution in [3.8, 4) is 11.4 Å². The van der Waals surface area contributed by atoms with E-state index in [4.69, 9.17) is 16.1 Å². The maximum atomic E-state index is 5.99. The Bertz CT molecular complexity index is 852. The standard InChI is InChI=1S/C17H18ClN5OS.HI/c1-11(14-7-4-8-25-14)21-17(19-2)20-10-15-22-16(23-24-15)12-5-3-6-13(18)9-12;/h3-9,11H,10H2,1-2H3,(H2,19,20,21);1H. The van der Waals surface area contributed by atoms with Gasteiger partial charge in [0.05, 0.1) is 12.6 Å². The minimum absolute atomic E-state index is 0. The molecular formula is C17H19ClIN5OS. The van der Waals surface area contributed by atoms with E-state index in [1.165, 1.54) is 4.88 Å². The minimum atomic E-state index is 0. The number of aliphatic imine (C=N–C) groups is 1. The van der Waals surface area contributed by atoms with Crippen LogP contribution in [0.1, 0.15) is 23.7 Å². The summed E-state index contributed by atoms with van der Waals surface area (Å²) in [6.07, 6.45) is 0. The highest BCUT2D eigenvalue weighted by molar-refractivity contribution is 14.0. The molecule has 0 aliphatic carbocycles. The van der Waals surface area contributed by atoms with Crippen molar-refractivity contribution in [1.29, 1.82) is 0 Å². The van der Waals surface area contributed by atoms with Gasteiger partial charge in [0.1, 0.15) is 0 Å². The van der Waals surface area contributed by atoms with Gasteiger partial charge in [0.15, 0.2) is 5.96 Å². The molecule has 0 aliphatic rings. The Kier molecular flexibility index (Phi) is 7.85. The van der Waals surface area contributed by atoms with E-state index in [2.05, 4.69) is 44.1 Å². The van der Waals surface area contributed by atoms with Crippen LogP contribution in [0.4, 0.5) is 0 Å². The zero-order chi connectivity index (χ0) is 17.6. The highest BCUT2D eigenvalue weighted by Gasteiger charge is 2.11. The quantitative estimate of drug-likeness (QED) is 0.305. The fraction of sp³-hybridized carbons (Fsp3) is 0.235. The summed E-state index contributed by atoms with van der Waals surface area (Å²) in [4.78, 5) is 9.84. The smallest absolute Gasteiger partial charge is 0.246 e. The van der Waals surface area contributed by atoms with Gasteiger partial charge in [-0.2, -0.15) is 4.98 Å². The van der Waals surface area contributed by atoms with Crippen LogP contribution in [-0.2, 0) is 6.54 Å². The van der Waals surface area contributed by atoms with Crippen LogP contribution in [0.15, 0.2) is 51.3 Å². The number of aromatic nitrogens is 2. The molecule has 1 atom stereocenters. The predicted octanol–water partition coefficient (Wildman–Crippen LogP) is 4.50. The van der Waals surface area contributed by atoms with E-state index < -0.39 is 0 Å². The molecule has 2 aromatic heterocycles. The number of hydrogen-bond donors (Lipinski definition) is 2. The second-order valence-electron chi connectivity index (χ2n) is 5.33. The summed E-state index contributed by atoms with van der Waals surface area (Å²) < 4.78 is 5.28. The van der Waals surface area contributed by atoms with Crippen molar-refractivity contribution in [2.24, 2.45) is 4.99 Å². The van der Waals surface area contributed by atoms with E-state index in [-0.39, 0.29) is 30.0 Å². The third-order valence-electron chi connectivity index (χ3n) is 3.50. The van der Waals surface area contributed by atoms with E-state index in [1.807, 2.05) is 18.2 Å². The number of halogens is 2. The fourth-order valence-electron chi connectivity index (χ4n) is 2.24. The van der Waals surface area contributed by atoms with Crippen molar-refractivity contribution < 1.29 is 4.52 Å². The van der Waals surface area contributed by atoms with E-state index in [0.717, 1.165) is 5.56 Å². The summed E-state index contributed by atoms with van der Waals surface area (Å²) in [5, 5.41) is 13.2. The summed E-state index contributed by atoms with van der Waals surface area (Å²) in [6.45, 7) is 2.47. The van der Waals surface area contributed by atoms with Crippen LogP contribution >= 0.6 is 46.9 Å². The number of hydrogen-bond acceptors (Lipinski definition) is 5. The zero-order valence-corrected chi connectivity index (χ0v) is 18.2. The average molecular weight is 504 g/mol. The monoisotopic (exact) mass is 503 g/mol. The molecule has 0 saturated heterocycles. The molecule has 138 valence electrons. The number of nitrogens with one attached hydrogen (secondary N) is 2. The largest absolute Gasteiger partial charge is 0.349 e. The molecule has 9 heteroatoms. The molecule has 26 heavy (non-hydrogen) atoms. The van der Waals surface area contributed by atoms with Gasteiger partial charge in [-0.25, -0.2) is 0 Å². The van der Waals surface area contributed by atoms with Gasteiger partial charge in [-0.3, -0.25) is 4.99 Å². The molecule has 0 bridgehead atoms. The molecule has 0 radical (unpaired) electrons. The topological polar surface area (TPSA) is 75.3 Å².